The standard InChI is InChI=1S/2C4H8O2S.C3H8O2/c2*5-4(6)2-1-3-7;1-3(5)2-4/h2*7H,1-3H2,(H,5,6);3-5H,2H2,1H3. The van der Waals surface area contributed by atoms with Crippen LogP contribution in [0.5, 0.6) is 0 Å². The monoisotopic (exact) mass is 316 g/mol. The van der Waals surface area contributed by atoms with E-state index in [2.05, 4.69) is 25.3 Å². The number of carbonyl (C=O) groups is 2. The summed E-state index contributed by atoms with van der Waals surface area (Å²) in [4.78, 5) is 19.4. The number of carboxylic acid groups (broad SMARTS) is 2. The maximum atomic E-state index is 9.72. The van der Waals surface area contributed by atoms with Crippen molar-refractivity contribution < 1.29 is 30.0 Å². The summed E-state index contributed by atoms with van der Waals surface area (Å²) in [6.07, 6.45) is 1.25. The molecule has 0 aliphatic rings. The van der Waals surface area contributed by atoms with Crippen molar-refractivity contribution in [3.8, 4) is 0 Å². The summed E-state index contributed by atoms with van der Waals surface area (Å²) in [5, 5.41) is 32.0. The van der Waals surface area contributed by atoms with Crippen molar-refractivity contribution in [3.05, 3.63) is 0 Å². The molecule has 0 rings (SSSR count). The van der Waals surface area contributed by atoms with E-state index >= 15 is 0 Å². The van der Waals surface area contributed by atoms with E-state index in [-0.39, 0.29) is 19.4 Å². The summed E-state index contributed by atoms with van der Waals surface area (Å²) in [6, 6.07) is 0. The van der Waals surface area contributed by atoms with E-state index in [1.165, 1.54) is 6.92 Å². The highest BCUT2D eigenvalue weighted by Crippen LogP contribution is 1.89. The summed E-state index contributed by atoms with van der Waals surface area (Å²) in [7, 11) is 0. The van der Waals surface area contributed by atoms with Crippen molar-refractivity contribution in [3.63, 3.8) is 0 Å². The molecular formula is C11H24O6S2. The lowest BCUT2D eigenvalue weighted by atomic mass is 10.3. The minimum Gasteiger partial charge on any atom is -0.481 e. The van der Waals surface area contributed by atoms with Gasteiger partial charge in [-0.2, -0.15) is 25.3 Å². The molecule has 0 radical (unpaired) electrons. The molecule has 8 heteroatoms. The Morgan fingerprint density at radius 1 is 1.00 bits per heavy atom. The minimum absolute atomic E-state index is 0.139. The molecule has 0 heterocycles. The molecule has 1 atom stereocenters. The molecule has 0 fully saturated rings. The molecule has 0 bridgehead atoms. The van der Waals surface area contributed by atoms with Gasteiger partial charge in [0.1, 0.15) is 0 Å². The molecule has 0 spiro atoms. The quantitative estimate of drug-likeness (QED) is 0.389. The van der Waals surface area contributed by atoms with Gasteiger partial charge in [0.05, 0.1) is 12.7 Å². The zero-order chi connectivity index (χ0) is 15.7. The predicted octanol–water partition coefficient (Wildman–Crippen LogP) is 0.921. The largest absolute Gasteiger partial charge is 0.481 e. The SMILES string of the molecule is CC(O)CO.O=C(O)CCCS.O=C(O)CCCS. The molecule has 0 saturated carbocycles. The third kappa shape index (κ3) is 46.5. The summed E-state index contributed by atoms with van der Waals surface area (Å²) in [6.45, 7) is 1.39. The predicted molar refractivity (Wildman–Crippen MR) is 80.2 cm³/mol. The summed E-state index contributed by atoms with van der Waals surface area (Å²) < 4.78 is 0. The fourth-order valence-electron chi connectivity index (χ4n) is 0.461. The molecule has 116 valence electrons. The van der Waals surface area contributed by atoms with Crippen LogP contribution in [0.3, 0.4) is 0 Å². The Balaban J connectivity index is -0.000000206. The molecule has 1 unspecified atom stereocenters. The van der Waals surface area contributed by atoms with Crippen molar-refractivity contribution in [2.75, 3.05) is 18.1 Å². The van der Waals surface area contributed by atoms with E-state index < -0.39 is 18.0 Å². The zero-order valence-corrected chi connectivity index (χ0v) is 12.8. The molecule has 0 aliphatic carbocycles. The lowest BCUT2D eigenvalue weighted by Gasteiger charge is -1.90. The lowest BCUT2D eigenvalue weighted by Crippen LogP contribution is -2.03. The number of hydrogen-bond donors (Lipinski definition) is 6. The second kappa shape index (κ2) is 19.9. The highest BCUT2D eigenvalue weighted by atomic mass is 32.1. The fraction of sp³-hybridized carbons (Fsp3) is 0.818. The maximum absolute atomic E-state index is 9.72. The molecule has 19 heavy (non-hydrogen) atoms. The number of thiol groups is 2. The molecule has 0 saturated heterocycles. The molecule has 6 nitrogen and oxygen atoms in total. The highest BCUT2D eigenvalue weighted by Gasteiger charge is 1.91. The maximum Gasteiger partial charge on any atom is 0.303 e. The van der Waals surface area contributed by atoms with Crippen LogP contribution < -0.4 is 0 Å². The van der Waals surface area contributed by atoms with Gasteiger partial charge >= 0.3 is 11.9 Å². The molecular weight excluding hydrogens is 292 g/mol. The Morgan fingerprint density at radius 2 is 1.26 bits per heavy atom. The van der Waals surface area contributed by atoms with Crippen LogP contribution in [-0.2, 0) is 9.59 Å². The van der Waals surface area contributed by atoms with Crippen LogP contribution in [0, 0.1) is 0 Å². The van der Waals surface area contributed by atoms with Crippen LogP contribution >= 0.6 is 25.3 Å². The van der Waals surface area contributed by atoms with E-state index in [0.717, 1.165) is 0 Å². The van der Waals surface area contributed by atoms with Crippen molar-refractivity contribution in [1.29, 1.82) is 0 Å². The van der Waals surface area contributed by atoms with Crippen LogP contribution in [0.4, 0.5) is 0 Å². The van der Waals surface area contributed by atoms with Crippen LogP contribution in [-0.4, -0.2) is 56.6 Å². The fourth-order valence-corrected chi connectivity index (χ4v) is 0.777. The van der Waals surface area contributed by atoms with Gasteiger partial charge in [-0.05, 0) is 31.3 Å². The number of aliphatic hydroxyl groups is 2. The van der Waals surface area contributed by atoms with Gasteiger partial charge in [0.15, 0.2) is 0 Å². The van der Waals surface area contributed by atoms with Crippen LogP contribution in [0.1, 0.15) is 32.6 Å². The summed E-state index contributed by atoms with van der Waals surface area (Å²) in [5.74, 6) is -0.165. The Kier molecular flexibility index (Phi) is 24.7. The number of aliphatic carboxylic acids is 2. The van der Waals surface area contributed by atoms with Gasteiger partial charge in [-0.3, -0.25) is 9.59 Å². The zero-order valence-electron chi connectivity index (χ0n) is 11.0. The Hall–Kier alpha value is -0.440. The van der Waals surface area contributed by atoms with E-state index in [1.807, 2.05) is 0 Å². The number of rotatable bonds is 7. The van der Waals surface area contributed by atoms with Gasteiger partial charge in [-0.1, -0.05) is 0 Å². The first-order valence-corrected chi connectivity index (χ1v) is 7.02. The first-order chi connectivity index (χ1) is 8.81. The van der Waals surface area contributed by atoms with E-state index in [9.17, 15) is 9.59 Å². The Morgan fingerprint density at radius 3 is 1.32 bits per heavy atom. The minimum atomic E-state index is -0.742. The molecule has 0 aromatic heterocycles. The Labute approximate surface area is 124 Å². The molecule has 4 N–H and O–H groups in total. The second-order valence-electron chi connectivity index (χ2n) is 3.47. The second-order valence-corrected chi connectivity index (χ2v) is 4.37. The van der Waals surface area contributed by atoms with Crippen molar-refractivity contribution in [1.82, 2.24) is 0 Å². The van der Waals surface area contributed by atoms with Crippen molar-refractivity contribution in [2.24, 2.45) is 0 Å². The topological polar surface area (TPSA) is 115 Å². The highest BCUT2D eigenvalue weighted by molar-refractivity contribution is 7.80. The van der Waals surface area contributed by atoms with Gasteiger partial charge < -0.3 is 20.4 Å². The molecule has 0 aliphatic heterocycles. The summed E-state index contributed by atoms with van der Waals surface area (Å²) in [5.41, 5.74) is 0. The average Bonchev–Trinajstić information content (AvgIpc) is 2.35. The van der Waals surface area contributed by atoms with E-state index in [1.54, 1.807) is 0 Å². The molecule has 0 amide bonds. The van der Waals surface area contributed by atoms with Crippen molar-refractivity contribution >= 4 is 37.2 Å². The lowest BCUT2D eigenvalue weighted by molar-refractivity contribution is -0.138. The van der Waals surface area contributed by atoms with E-state index in [4.69, 9.17) is 20.4 Å². The van der Waals surface area contributed by atoms with Crippen LogP contribution in [0.15, 0.2) is 0 Å². The first kappa shape index (κ1) is 23.6. The van der Waals surface area contributed by atoms with Crippen molar-refractivity contribution in [2.45, 2.75) is 38.7 Å². The first-order valence-electron chi connectivity index (χ1n) is 5.76. The summed E-state index contributed by atoms with van der Waals surface area (Å²) >= 11 is 7.66. The van der Waals surface area contributed by atoms with Gasteiger partial charge in [-0.15, -0.1) is 0 Å². The molecule has 0 aromatic carbocycles. The van der Waals surface area contributed by atoms with Gasteiger partial charge in [0.25, 0.3) is 0 Å². The number of carboxylic acids is 2. The van der Waals surface area contributed by atoms with E-state index in [0.29, 0.717) is 24.3 Å². The number of hydrogen-bond acceptors (Lipinski definition) is 6. The smallest absolute Gasteiger partial charge is 0.303 e. The van der Waals surface area contributed by atoms with Gasteiger partial charge in [0.2, 0.25) is 0 Å². The normalized spacial score (nSPS) is 10.4. The number of aliphatic hydroxyl groups excluding tert-OH is 2. The van der Waals surface area contributed by atoms with Gasteiger partial charge in [-0.25, -0.2) is 0 Å². The third-order valence-corrected chi connectivity index (χ3v) is 1.99. The Bertz CT molecular complexity index is 193. The average molecular weight is 316 g/mol. The van der Waals surface area contributed by atoms with Crippen LogP contribution in [0.25, 0.3) is 0 Å². The third-order valence-electron chi connectivity index (χ3n) is 1.36. The van der Waals surface area contributed by atoms with Gasteiger partial charge in [0, 0.05) is 12.8 Å². The van der Waals surface area contributed by atoms with Crippen LogP contribution in [0.2, 0.25) is 0 Å². The molecule has 0 aromatic rings.